The molecule has 12 nitrogen and oxygen atoms in total. The van der Waals surface area contributed by atoms with Crippen LogP contribution in [0.1, 0.15) is 42.9 Å². The molecule has 0 spiro atoms. The Bertz CT molecular complexity index is 2080. The lowest BCUT2D eigenvalue weighted by Gasteiger charge is -2.51. The molecule has 0 saturated carbocycles. The summed E-state index contributed by atoms with van der Waals surface area (Å²) in [4.78, 5) is 56.6. The lowest BCUT2D eigenvalue weighted by atomic mass is 9.83. The van der Waals surface area contributed by atoms with Gasteiger partial charge in [-0.25, -0.2) is 9.59 Å². The van der Waals surface area contributed by atoms with Crippen LogP contribution in [0.4, 0.5) is 23.7 Å². The quantitative estimate of drug-likeness (QED) is 0.265. The van der Waals surface area contributed by atoms with E-state index >= 15 is 0 Å². The molecule has 2 aromatic carbocycles. The van der Waals surface area contributed by atoms with Gasteiger partial charge < -0.3 is 30.2 Å². The zero-order valence-electron chi connectivity index (χ0n) is 29.2. The number of aromatic nitrogens is 3. The summed E-state index contributed by atoms with van der Waals surface area (Å²) >= 11 is 3.14. The SMILES string of the molecule is Nc1c(Br)cc(C[C@@H](OC(=O)N2CCC(n3c(=O)[nH]c4c5ccccc5ncc43)CC2)C(=O)N2CCN(C3CN4CCC3CC4)CC2)cc1C(F)(F)F. The number of likely N-dealkylation sites (tertiary alicyclic amines) is 1. The lowest BCUT2D eigenvalue weighted by Crippen LogP contribution is -2.62. The first kappa shape index (κ1) is 35.9. The fourth-order valence-corrected chi connectivity index (χ4v) is 9.34. The summed E-state index contributed by atoms with van der Waals surface area (Å²) in [7, 11) is 0. The van der Waals surface area contributed by atoms with Crippen LogP contribution < -0.4 is 11.4 Å². The Labute approximate surface area is 312 Å². The molecule has 4 aromatic rings. The molecule has 5 aliphatic heterocycles. The molecular formula is C37H42BrF3N8O4. The van der Waals surface area contributed by atoms with Gasteiger partial charge in [0.2, 0.25) is 0 Å². The number of aromatic amines is 1. The highest BCUT2D eigenvalue weighted by Gasteiger charge is 2.41. The van der Waals surface area contributed by atoms with Crippen molar-refractivity contribution >= 4 is 55.6 Å². The van der Waals surface area contributed by atoms with Crippen molar-refractivity contribution in [3.05, 3.63) is 68.7 Å². The molecule has 2 aromatic heterocycles. The predicted molar refractivity (Wildman–Crippen MR) is 196 cm³/mol. The number of hydrogen-bond donors (Lipinski definition) is 2. The number of pyridine rings is 1. The first-order valence-corrected chi connectivity index (χ1v) is 19.1. The van der Waals surface area contributed by atoms with Gasteiger partial charge in [-0.2, -0.15) is 13.2 Å². The Balaban J connectivity index is 0.976. The summed E-state index contributed by atoms with van der Waals surface area (Å²) in [6, 6.07) is 10.2. The molecule has 9 rings (SSSR count). The number of fused-ring (bicyclic) bond motifs is 6. The van der Waals surface area contributed by atoms with Crippen LogP contribution in [0.25, 0.3) is 21.9 Å². The standard InChI is InChI=1S/C37H42BrF3N8O4/c38-27-18-22(17-26(32(27)42)37(39,40)41)19-31(34(50)47-15-13-46(14-16-47)30-21-45-9-5-23(30)6-10-45)53-36(52)48-11-7-24(8-12-48)49-29-20-43-28-4-2-1-3-25(28)33(29)44-35(49)51/h1-4,17-18,20,23-24,30-31H,5-16,19,21,42H2,(H,44,51)/t30?,31-/m1/s1. The van der Waals surface area contributed by atoms with E-state index in [-0.39, 0.29) is 41.3 Å². The summed E-state index contributed by atoms with van der Waals surface area (Å²) in [5.41, 5.74) is 6.35. The first-order valence-electron chi connectivity index (χ1n) is 18.3. The van der Waals surface area contributed by atoms with Crippen LogP contribution in [-0.4, -0.2) is 117 Å². The van der Waals surface area contributed by atoms with E-state index in [9.17, 15) is 27.6 Å². The van der Waals surface area contributed by atoms with Crippen molar-refractivity contribution in [1.82, 2.24) is 34.1 Å². The Kier molecular flexibility index (Phi) is 9.64. The molecule has 7 heterocycles. The fourth-order valence-electron chi connectivity index (χ4n) is 8.83. The largest absolute Gasteiger partial charge is 0.436 e. The average Bonchev–Trinajstić information content (AvgIpc) is 3.51. The zero-order valence-corrected chi connectivity index (χ0v) is 30.7. The number of benzene rings is 2. The average molecular weight is 800 g/mol. The molecule has 0 aliphatic carbocycles. The van der Waals surface area contributed by atoms with E-state index in [1.165, 1.54) is 23.8 Å². The van der Waals surface area contributed by atoms with Gasteiger partial charge in [-0.1, -0.05) is 18.2 Å². The third kappa shape index (κ3) is 7.00. The number of nitrogens with two attached hydrogens (primary N) is 1. The van der Waals surface area contributed by atoms with E-state index in [2.05, 4.69) is 35.7 Å². The van der Waals surface area contributed by atoms with E-state index in [1.54, 1.807) is 15.7 Å². The van der Waals surface area contributed by atoms with Gasteiger partial charge >= 0.3 is 18.0 Å². The van der Waals surface area contributed by atoms with Gasteiger partial charge in [0.15, 0.2) is 6.10 Å². The van der Waals surface area contributed by atoms with Crippen molar-refractivity contribution in [2.24, 2.45) is 5.92 Å². The molecule has 0 radical (unpaired) electrons. The number of alkyl halides is 3. The molecule has 16 heteroatoms. The van der Waals surface area contributed by atoms with Crippen molar-refractivity contribution < 1.29 is 27.5 Å². The van der Waals surface area contributed by atoms with Crippen LogP contribution in [0.2, 0.25) is 0 Å². The Morgan fingerprint density at radius 1 is 0.981 bits per heavy atom. The fraction of sp³-hybridized carbons (Fsp3) is 0.514. The predicted octanol–water partition coefficient (Wildman–Crippen LogP) is 4.86. The number of piperidine rings is 4. The number of nitrogens with zero attached hydrogens (tertiary/aromatic N) is 6. The van der Waals surface area contributed by atoms with Crippen molar-refractivity contribution in [1.29, 1.82) is 0 Å². The number of carbonyl (C=O) groups is 2. The highest BCUT2D eigenvalue weighted by atomic mass is 79.9. The number of anilines is 1. The van der Waals surface area contributed by atoms with Gasteiger partial charge in [-0.05, 0) is 84.4 Å². The highest BCUT2D eigenvalue weighted by Crippen LogP contribution is 2.39. The Morgan fingerprint density at radius 2 is 1.70 bits per heavy atom. The van der Waals surface area contributed by atoms with E-state index in [1.807, 2.05) is 24.3 Å². The summed E-state index contributed by atoms with van der Waals surface area (Å²) in [6.07, 6.45) is -2.09. The maximum atomic E-state index is 14.1. The second-order valence-corrected chi connectivity index (χ2v) is 15.6. The number of ether oxygens (including phenoxy) is 1. The molecule has 2 amide bonds. The summed E-state index contributed by atoms with van der Waals surface area (Å²) in [5.74, 6) is 0.214. The highest BCUT2D eigenvalue weighted by molar-refractivity contribution is 9.10. The normalized spacial score (nSPS) is 23.5. The number of nitrogen functional groups attached to an aromatic ring is 1. The van der Waals surface area contributed by atoms with Gasteiger partial charge in [0, 0.05) is 74.2 Å². The number of carbonyl (C=O) groups excluding carboxylic acids is 2. The summed E-state index contributed by atoms with van der Waals surface area (Å²) < 4.78 is 49.4. The van der Waals surface area contributed by atoms with Gasteiger partial charge in [0.1, 0.15) is 0 Å². The smallest absolute Gasteiger partial charge is 0.418 e. The molecule has 53 heavy (non-hydrogen) atoms. The molecule has 5 aliphatic rings. The third-order valence-electron chi connectivity index (χ3n) is 11.7. The Morgan fingerprint density at radius 3 is 2.38 bits per heavy atom. The van der Waals surface area contributed by atoms with Crippen LogP contribution in [0, 0.1) is 5.92 Å². The summed E-state index contributed by atoms with van der Waals surface area (Å²) in [5, 5.41) is 0.841. The molecule has 1 unspecified atom stereocenters. The lowest BCUT2D eigenvalue weighted by molar-refractivity contribution is -0.143. The number of halogens is 4. The van der Waals surface area contributed by atoms with E-state index in [4.69, 9.17) is 10.5 Å². The summed E-state index contributed by atoms with van der Waals surface area (Å²) in [6.45, 7) is 6.05. The van der Waals surface area contributed by atoms with Crippen LogP contribution in [0.5, 0.6) is 0 Å². The number of amides is 2. The number of imidazole rings is 1. The molecule has 5 saturated heterocycles. The second kappa shape index (κ2) is 14.3. The molecule has 5 fully saturated rings. The first-order chi connectivity index (χ1) is 25.4. The maximum absolute atomic E-state index is 14.1. The van der Waals surface area contributed by atoms with Crippen LogP contribution in [0.15, 0.2) is 51.9 Å². The van der Waals surface area contributed by atoms with Gasteiger partial charge in [0.05, 0.1) is 34.0 Å². The van der Waals surface area contributed by atoms with E-state index in [0.29, 0.717) is 62.0 Å². The van der Waals surface area contributed by atoms with Crippen LogP contribution in [-0.2, 0) is 22.1 Å². The minimum Gasteiger partial charge on any atom is -0.436 e. The number of para-hydroxylation sites is 1. The number of piperazine rings is 1. The zero-order chi connectivity index (χ0) is 37.0. The topological polar surface area (TPSA) is 133 Å². The minimum atomic E-state index is -4.72. The van der Waals surface area contributed by atoms with Crippen molar-refractivity contribution in [2.75, 3.05) is 64.6 Å². The minimum absolute atomic E-state index is 0.0452. The van der Waals surface area contributed by atoms with Crippen molar-refractivity contribution in [3.63, 3.8) is 0 Å². The number of H-pyrrole nitrogens is 1. The molecule has 3 N–H and O–H groups in total. The van der Waals surface area contributed by atoms with Gasteiger partial charge in [0.25, 0.3) is 5.91 Å². The third-order valence-corrected chi connectivity index (χ3v) is 12.4. The van der Waals surface area contributed by atoms with E-state index < -0.39 is 35.5 Å². The second-order valence-electron chi connectivity index (χ2n) is 14.7. The van der Waals surface area contributed by atoms with Crippen LogP contribution in [0.3, 0.4) is 0 Å². The molecular weight excluding hydrogens is 757 g/mol. The van der Waals surface area contributed by atoms with Gasteiger partial charge in [-0.15, -0.1) is 0 Å². The number of rotatable bonds is 6. The maximum Gasteiger partial charge on any atom is 0.418 e. The molecule has 282 valence electrons. The van der Waals surface area contributed by atoms with Gasteiger partial charge in [-0.3, -0.25) is 19.2 Å². The number of nitrogens with one attached hydrogen (secondary N) is 1. The molecule has 2 bridgehead atoms. The molecule has 2 atom stereocenters. The monoisotopic (exact) mass is 798 g/mol. The van der Waals surface area contributed by atoms with Crippen molar-refractivity contribution in [3.8, 4) is 0 Å². The Hall–Kier alpha value is -4.15. The van der Waals surface area contributed by atoms with Crippen molar-refractivity contribution in [2.45, 2.75) is 56.5 Å². The number of hydrogen-bond acceptors (Lipinski definition) is 8. The van der Waals surface area contributed by atoms with E-state index in [0.717, 1.165) is 36.6 Å². The van der Waals surface area contributed by atoms with Crippen LogP contribution >= 0.6 is 15.9 Å².